The Balaban J connectivity index is 1.96. The Morgan fingerprint density at radius 1 is 0.900 bits per heavy atom. The summed E-state index contributed by atoms with van der Waals surface area (Å²) in [5.74, 6) is 0. The quantitative estimate of drug-likeness (QED) is 0.591. The van der Waals surface area contributed by atoms with Gasteiger partial charge in [0.15, 0.2) is 0 Å². The van der Waals surface area contributed by atoms with Crippen molar-refractivity contribution in [3.8, 4) is 0 Å². The number of benzene rings is 2. The van der Waals surface area contributed by atoms with Crippen LogP contribution in [0.5, 0.6) is 0 Å². The van der Waals surface area contributed by atoms with Crippen molar-refractivity contribution >= 4 is 22.7 Å². The van der Waals surface area contributed by atoms with Gasteiger partial charge in [0.25, 0.3) is 0 Å². The molecule has 1 aromatic heterocycles. The molecule has 0 saturated heterocycles. The molecular formula is C19H17N. The number of hydrogen-bond donors (Lipinski definition) is 0. The zero-order chi connectivity index (χ0) is 13.7. The summed E-state index contributed by atoms with van der Waals surface area (Å²) in [6, 6.07) is 17.4. The van der Waals surface area contributed by atoms with Crippen LogP contribution in [0.1, 0.15) is 22.4 Å². The van der Waals surface area contributed by atoms with Gasteiger partial charge >= 0.3 is 0 Å². The minimum atomic E-state index is 1.02. The van der Waals surface area contributed by atoms with Gasteiger partial charge in [0, 0.05) is 23.2 Å². The van der Waals surface area contributed by atoms with Crippen molar-refractivity contribution in [1.82, 2.24) is 4.57 Å². The van der Waals surface area contributed by atoms with Gasteiger partial charge < -0.3 is 4.57 Å². The summed E-state index contributed by atoms with van der Waals surface area (Å²) < 4.78 is 2.42. The second-order valence-corrected chi connectivity index (χ2v) is 5.57. The number of para-hydroxylation sites is 1. The third-order valence-electron chi connectivity index (χ3n) is 4.46. The van der Waals surface area contributed by atoms with E-state index in [0.29, 0.717) is 0 Å². The van der Waals surface area contributed by atoms with Crippen molar-refractivity contribution < 1.29 is 0 Å². The Morgan fingerprint density at radius 2 is 1.65 bits per heavy atom. The highest BCUT2D eigenvalue weighted by molar-refractivity contribution is 5.92. The molecule has 1 nitrogen and oxygen atoms in total. The highest BCUT2D eigenvalue weighted by Crippen LogP contribution is 2.34. The van der Waals surface area contributed by atoms with Crippen LogP contribution in [0, 0.1) is 13.8 Å². The van der Waals surface area contributed by atoms with Gasteiger partial charge in [-0.05, 0) is 42.7 Å². The first-order valence-electron chi connectivity index (χ1n) is 7.11. The molecule has 0 spiro atoms. The van der Waals surface area contributed by atoms with Crippen molar-refractivity contribution in [2.75, 3.05) is 0 Å². The number of fused-ring (bicyclic) bond motifs is 2. The second-order valence-electron chi connectivity index (χ2n) is 5.57. The minimum Gasteiger partial charge on any atom is -0.317 e. The van der Waals surface area contributed by atoms with E-state index in [1.807, 2.05) is 0 Å². The maximum Gasteiger partial charge on any atom is 0.0530 e. The molecule has 3 aromatic rings. The number of aromatic nitrogens is 1. The third kappa shape index (κ3) is 1.50. The zero-order valence-electron chi connectivity index (χ0n) is 11.9. The summed E-state index contributed by atoms with van der Waals surface area (Å²) in [6.45, 7) is 4.44. The fourth-order valence-corrected chi connectivity index (χ4v) is 3.30. The first kappa shape index (κ1) is 11.5. The number of hydrogen-bond acceptors (Lipinski definition) is 0. The Morgan fingerprint density at radius 3 is 2.50 bits per heavy atom. The topological polar surface area (TPSA) is 4.93 Å². The monoisotopic (exact) mass is 259 g/mol. The second kappa shape index (κ2) is 4.11. The molecule has 0 unspecified atom stereocenters. The third-order valence-corrected chi connectivity index (χ3v) is 4.46. The first-order valence-corrected chi connectivity index (χ1v) is 7.11. The van der Waals surface area contributed by atoms with E-state index < -0.39 is 0 Å². The van der Waals surface area contributed by atoms with E-state index in [-0.39, 0.29) is 0 Å². The normalized spacial score (nSPS) is 13.6. The summed E-state index contributed by atoms with van der Waals surface area (Å²) in [4.78, 5) is 0. The molecule has 1 aliphatic rings. The van der Waals surface area contributed by atoms with Crippen molar-refractivity contribution in [3.05, 3.63) is 70.9 Å². The Bertz CT molecular complexity index is 849. The predicted molar refractivity (Wildman–Crippen MR) is 85.7 cm³/mol. The van der Waals surface area contributed by atoms with Crippen molar-refractivity contribution in [2.45, 2.75) is 20.3 Å². The van der Waals surface area contributed by atoms with Crippen LogP contribution < -0.4 is 0 Å². The van der Waals surface area contributed by atoms with Gasteiger partial charge in [0.05, 0.1) is 5.52 Å². The number of nitrogens with zero attached hydrogens (tertiary/aromatic N) is 1. The van der Waals surface area contributed by atoms with Crippen LogP contribution in [0.2, 0.25) is 0 Å². The lowest BCUT2D eigenvalue weighted by molar-refractivity contribution is 1.03. The standard InChI is InChI=1S/C19H17N/c1-13-14(2)20(19-10-6-5-9-18(13)19)17-11-15-7-3-4-8-16(15)12-17/h3-11H,12H2,1-2H3. The summed E-state index contributed by atoms with van der Waals surface area (Å²) in [6.07, 6.45) is 3.35. The number of rotatable bonds is 1. The molecule has 98 valence electrons. The van der Waals surface area contributed by atoms with Gasteiger partial charge in [-0.15, -0.1) is 0 Å². The SMILES string of the molecule is Cc1c(C)n(C2=Cc3ccccc3C2)c2ccccc12. The van der Waals surface area contributed by atoms with Gasteiger partial charge in [-0.1, -0.05) is 42.5 Å². The molecule has 1 aliphatic carbocycles. The summed E-state index contributed by atoms with van der Waals surface area (Å²) in [5, 5.41) is 1.36. The van der Waals surface area contributed by atoms with Gasteiger partial charge in [-0.3, -0.25) is 0 Å². The van der Waals surface area contributed by atoms with E-state index in [0.717, 1.165) is 6.42 Å². The molecule has 0 aliphatic heterocycles. The fraction of sp³-hybridized carbons (Fsp3) is 0.158. The van der Waals surface area contributed by atoms with Crippen LogP contribution in [0.3, 0.4) is 0 Å². The van der Waals surface area contributed by atoms with Gasteiger partial charge in [0.2, 0.25) is 0 Å². The van der Waals surface area contributed by atoms with Crippen molar-refractivity contribution in [2.24, 2.45) is 0 Å². The molecule has 0 amide bonds. The van der Waals surface area contributed by atoms with Gasteiger partial charge in [-0.25, -0.2) is 0 Å². The number of aryl methyl sites for hydroxylation is 1. The molecule has 0 atom stereocenters. The lowest BCUT2D eigenvalue weighted by Gasteiger charge is -2.09. The molecule has 20 heavy (non-hydrogen) atoms. The Kier molecular flexibility index (Phi) is 2.37. The predicted octanol–water partition coefficient (Wildman–Crippen LogP) is 4.81. The minimum absolute atomic E-state index is 1.02. The lowest BCUT2D eigenvalue weighted by atomic mass is 10.1. The number of allylic oxidation sites excluding steroid dienone is 1. The molecule has 0 saturated carbocycles. The van der Waals surface area contributed by atoms with Crippen molar-refractivity contribution in [1.29, 1.82) is 0 Å². The molecular weight excluding hydrogens is 242 g/mol. The average molecular weight is 259 g/mol. The Hall–Kier alpha value is -2.28. The molecule has 0 bridgehead atoms. The fourth-order valence-electron chi connectivity index (χ4n) is 3.30. The molecule has 0 N–H and O–H groups in total. The van der Waals surface area contributed by atoms with Crippen LogP contribution in [0.25, 0.3) is 22.7 Å². The van der Waals surface area contributed by atoms with Crippen LogP contribution in [0.15, 0.2) is 48.5 Å². The Labute approximate surface area is 119 Å². The van der Waals surface area contributed by atoms with E-state index in [1.165, 1.54) is 39.0 Å². The van der Waals surface area contributed by atoms with Gasteiger partial charge in [-0.2, -0.15) is 0 Å². The highest BCUT2D eigenvalue weighted by Gasteiger charge is 2.18. The maximum atomic E-state index is 2.42. The average Bonchev–Trinajstić information content (AvgIpc) is 3.00. The van der Waals surface area contributed by atoms with E-state index in [1.54, 1.807) is 0 Å². The first-order chi connectivity index (χ1) is 9.75. The van der Waals surface area contributed by atoms with E-state index >= 15 is 0 Å². The summed E-state index contributed by atoms with van der Waals surface area (Å²) in [7, 11) is 0. The smallest absolute Gasteiger partial charge is 0.0530 e. The van der Waals surface area contributed by atoms with Crippen LogP contribution in [-0.4, -0.2) is 4.57 Å². The molecule has 1 heterocycles. The highest BCUT2D eigenvalue weighted by atomic mass is 15.0. The van der Waals surface area contributed by atoms with Crippen molar-refractivity contribution in [3.63, 3.8) is 0 Å². The molecule has 0 fully saturated rings. The molecule has 0 radical (unpaired) electrons. The lowest BCUT2D eigenvalue weighted by Crippen LogP contribution is -1.99. The van der Waals surface area contributed by atoms with Crippen LogP contribution in [0.4, 0.5) is 0 Å². The van der Waals surface area contributed by atoms with Gasteiger partial charge in [0.1, 0.15) is 0 Å². The van der Waals surface area contributed by atoms with Crippen LogP contribution in [-0.2, 0) is 6.42 Å². The largest absolute Gasteiger partial charge is 0.317 e. The molecule has 1 heteroatoms. The van der Waals surface area contributed by atoms with E-state index in [9.17, 15) is 0 Å². The molecule has 2 aromatic carbocycles. The zero-order valence-corrected chi connectivity index (χ0v) is 11.9. The summed E-state index contributed by atoms with van der Waals surface area (Å²) >= 11 is 0. The van der Waals surface area contributed by atoms with Crippen LogP contribution >= 0.6 is 0 Å². The maximum absolute atomic E-state index is 2.42. The summed E-state index contributed by atoms with van der Waals surface area (Å²) in [5.41, 5.74) is 8.23. The van der Waals surface area contributed by atoms with E-state index in [2.05, 4.69) is 73.0 Å². The van der Waals surface area contributed by atoms with E-state index in [4.69, 9.17) is 0 Å². The molecule has 4 rings (SSSR count).